The first-order valence-corrected chi connectivity index (χ1v) is 8.29. The third kappa shape index (κ3) is 3.27. The number of nitro groups is 1. The molecule has 1 aliphatic heterocycles. The van der Waals surface area contributed by atoms with Crippen LogP contribution >= 0.6 is 0 Å². The summed E-state index contributed by atoms with van der Waals surface area (Å²) in [5.74, 6) is -1.06. The van der Waals surface area contributed by atoms with Crippen LogP contribution in [0.5, 0.6) is 0 Å². The van der Waals surface area contributed by atoms with Gasteiger partial charge in [0, 0.05) is 30.6 Å². The molecule has 2 amide bonds. The van der Waals surface area contributed by atoms with E-state index in [1.165, 1.54) is 12.1 Å². The van der Waals surface area contributed by atoms with E-state index in [1.807, 2.05) is 0 Å². The minimum Gasteiger partial charge on any atom is -0.330 e. The Balaban J connectivity index is 1.87. The van der Waals surface area contributed by atoms with Crippen LogP contribution in [0.25, 0.3) is 10.8 Å². The molecule has 0 aromatic heterocycles. The van der Waals surface area contributed by atoms with Gasteiger partial charge in [0.05, 0.1) is 16.1 Å². The summed E-state index contributed by atoms with van der Waals surface area (Å²) in [7, 11) is 0. The van der Waals surface area contributed by atoms with Gasteiger partial charge in [-0.2, -0.15) is 0 Å². The minimum atomic E-state index is -0.593. The molecule has 1 aliphatic rings. The average molecular weight is 357 g/mol. The molecule has 0 bridgehead atoms. The zero-order valence-electron chi connectivity index (χ0n) is 14.0. The fourth-order valence-corrected chi connectivity index (χ4v) is 2.95. The molecule has 0 aliphatic carbocycles. The third-order valence-corrected chi connectivity index (χ3v) is 4.17. The van der Waals surface area contributed by atoms with Crippen molar-refractivity contribution < 1.29 is 14.5 Å². The minimum absolute atomic E-state index is 0.146. The van der Waals surface area contributed by atoms with Crippen molar-refractivity contribution in [2.45, 2.75) is 6.42 Å². The van der Waals surface area contributed by atoms with E-state index >= 15 is 0 Å². The maximum absolute atomic E-state index is 12.7. The Hall–Kier alpha value is -2.88. The lowest BCUT2D eigenvalue weighted by Crippen LogP contribution is -2.51. The summed E-state index contributed by atoms with van der Waals surface area (Å²) in [6.07, 6.45) is 0.834. The predicted octanol–water partition coefficient (Wildman–Crippen LogP) is 0.787. The van der Waals surface area contributed by atoms with Crippen LogP contribution in [0.4, 0.5) is 5.69 Å². The Labute approximate surface area is 149 Å². The standard InChI is InChI=1S/C17H19N5O4/c18-5-2-6-19-7-8-20-21-16(23)13-4-1-3-11-9-12(22(25)26)10-14(15(11)13)17(21)24/h1,3-4,9-10,19-20H,2,5-8,18H2. The monoisotopic (exact) mass is 357 g/mol. The van der Waals surface area contributed by atoms with Crippen LogP contribution in [0.15, 0.2) is 30.3 Å². The second-order valence-electron chi connectivity index (χ2n) is 5.90. The van der Waals surface area contributed by atoms with Gasteiger partial charge in [-0.05, 0) is 31.0 Å². The largest absolute Gasteiger partial charge is 0.330 e. The van der Waals surface area contributed by atoms with Crippen molar-refractivity contribution in [3.8, 4) is 0 Å². The van der Waals surface area contributed by atoms with Gasteiger partial charge in [-0.15, -0.1) is 0 Å². The van der Waals surface area contributed by atoms with Gasteiger partial charge < -0.3 is 11.1 Å². The topological polar surface area (TPSA) is 131 Å². The summed E-state index contributed by atoms with van der Waals surface area (Å²) in [4.78, 5) is 36.0. The molecule has 0 fully saturated rings. The van der Waals surface area contributed by atoms with Crippen molar-refractivity contribution in [3.05, 3.63) is 51.6 Å². The zero-order chi connectivity index (χ0) is 18.7. The first-order chi connectivity index (χ1) is 12.5. The van der Waals surface area contributed by atoms with E-state index in [1.54, 1.807) is 18.2 Å². The molecule has 2 aromatic carbocycles. The number of carbonyl (C=O) groups is 2. The number of rotatable bonds is 8. The molecule has 2 aromatic rings. The van der Waals surface area contributed by atoms with Crippen LogP contribution in [0, 0.1) is 10.1 Å². The van der Waals surface area contributed by atoms with Crippen molar-refractivity contribution in [3.63, 3.8) is 0 Å². The predicted molar refractivity (Wildman–Crippen MR) is 95.6 cm³/mol. The molecular formula is C17H19N5O4. The van der Waals surface area contributed by atoms with Crippen molar-refractivity contribution >= 4 is 28.3 Å². The SMILES string of the molecule is NCCCNCCNN1C(=O)c2cccc3cc([N+](=O)[O-])cc(c23)C1=O. The van der Waals surface area contributed by atoms with Crippen molar-refractivity contribution in [2.75, 3.05) is 26.2 Å². The molecule has 0 saturated heterocycles. The van der Waals surface area contributed by atoms with Crippen molar-refractivity contribution in [2.24, 2.45) is 5.73 Å². The molecule has 0 atom stereocenters. The number of carbonyl (C=O) groups excluding carboxylic acids is 2. The third-order valence-electron chi connectivity index (χ3n) is 4.17. The van der Waals surface area contributed by atoms with Crippen LogP contribution in [0.1, 0.15) is 27.1 Å². The average Bonchev–Trinajstić information content (AvgIpc) is 2.64. The molecule has 0 radical (unpaired) electrons. The van der Waals surface area contributed by atoms with Gasteiger partial charge in [-0.3, -0.25) is 19.7 Å². The molecule has 4 N–H and O–H groups in total. The first-order valence-electron chi connectivity index (χ1n) is 8.29. The van der Waals surface area contributed by atoms with E-state index in [2.05, 4.69) is 10.7 Å². The van der Waals surface area contributed by atoms with Crippen molar-refractivity contribution in [1.82, 2.24) is 15.8 Å². The molecule has 0 spiro atoms. The van der Waals surface area contributed by atoms with E-state index in [4.69, 9.17) is 5.73 Å². The van der Waals surface area contributed by atoms with E-state index in [9.17, 15) is 19.7 Å². The van der Waals surface area contributed by atoms with E-state index in [-0.39, 0.29) is 11.3 Å². The van der Waals surface area contributed by atoms with Gasteiger partial charge in [0.2, 0.25) is 0 Å². The summed E-state index contributed by atoms with van der Waals surface area (Å²) in [5.41, 5.74) is 8.52. The lowest BCUT2D eigenvalue weighted by Gasteiger charge is -2.27. The number of nitrogens with zero attached hydrogens (tertiary/aromatic N) is 2. The summed E-state index contributed by atoms with van der Waals surface area (Å²) >= 11 is 0. The highest BCUT2D eigenvalue weighted by molar-refractivity contribution is 6.25. The highest BCUT2D eigenvalue weighted by Gasteiger charge is 2.34. The molecule has 136 valence electrons. The number of hydrazine groups is 1. The molecular weight excluding hydrogens is 338 g/mol. The summed E-state index contributed by atoms with van der Waals surface area (Å²) in [6, 6.07) is 7.49. The Bertz CT molecular complexity index is 883. The number of amides is 2. The summed E-state index contributed by atoms with van der Waals surface area (Å²) in [6.45, 7) is 2.23. The van der Waals surface area contributed by atoms with Gasteiger partial charge >= 0.3 is 0 Å². The normalized spacial score (nSPS) is 13.5. The Morgan fingerprint density at radius 3 is 2.58 bits per heavy atom. The lowest BCUT2D eigenvalue weighted by atomic mass is 9.94. The van der Waals surface area contributed by atoms with Crippen LogP contribution in [0.3, 0.4) is 0 Å². The number of non-ortho nitro benzene ring substituents is 1. The van der Waals surface area contributed by atoms with Crippen LogP contribution < -0.4 is 16.5 Å². The summed E-state index contributed by atoms with van der Waals surface area (Å²) in [5, 5.41) is 16.2. The second-order valence-corrected chi connectivity index (χ2v) is 5.90. The maximum Gasteiger partial charge on any atom is 0.276 e. The van der Waals surface area contributed by atoms with Gasteiger partial charge in [0.25, 0.3) is 17.5 Å². The Morgan fingerprint density at radius 1 is 1.08 bits per heavy atom. The molecule has 26 heavy (non-hydrogen) atoms. The molecule has 9 nitrogen and oxygen atoms in total. The van der Waals surface area contributed by atoms with Crippen LogP contribution in [-0.4, -0.2) is 47.9 Å². The fourth-order valence-electron chi connectivity index (χ4n) is 2.95. The van der Waals surface area contributed by atoms with Crippen LogP contribution in [0.2, 0.25) is 0 Å². The van der Waals surface area contributed by atoms with E-state index in [0.717, 1.165) is 18.0 Å². The Kier molecular flexibility index (Phi) is 5.21. The van der Waals surface area contributed by atoms with E-state index < -0.39 is 16.7 Å². The van der Waals surface area contributed by atoms with Crippen molar-refractivity contribution in [1.29, 1.82) is 0 Å². The highest BCUT2D eigenvalue weighted by atomic mass is 16.6. The zero-order valence-corrected chi connectivity index (χ0v) is 14.0. The van der Waals surface area contributed by atoms with E-state index in [0.29, 0.717) is 36.0 Å². The number of nitrogens with one attached hydrogen (secondary N) is 2. The molecule has 9 heteroatoms. The molecule has 1 heterocycles. The number of nitro benzene ring substituents is 1. The number of hydrogen-bond acceptors (Lipinski definition) is 7. The quantitative estimate of drug-likeness (QED) is 0.275. The molecule has 0 saturated carbocycles. The second kappa shape index (κ2) is 7.56. The Morgan fingerprint density at radius 2 is 1.85 bits per heavy atom. The van der Waals surface area contributed by atoms with Crippen LogP contribution in [-0.2, 0) is 0 Å². The molecule has 0 unspecified atom stereocenters. The number of imide groups is 1. The lowest BCUT2D eigenvalue weighted by molar-refractivity contribution is -0.384. The van der Waals surface area contributed by atoms with Gasteiger partial charge in [0.15, 0.2) is 0 Å². The first kappa shape index (κ1) is 17.9. The van der Waals surface area contributed by atoms with Gasteiger partial charge in [-0.25, -0.2) is 10.4 Å². The summed E-state index contributed by atoms with van der Waals surface area (Å²) < 4.78 is 0. The fraction of sp³-hybridized carbons (Fsp3) is 0.294. The van der Waals surface area contributed by atoms with Gasteiger partial charge in [0.1, 0.15) is 0 Å². The number of nitrogens with two attached hydrogens (primary N) is 1. The number of benzene rings is 2. The maximum atomic E-state index is 12.7. The molecule has 3 rings (SSSR count). The highest BCUT2D eigenvalue weighted by Crippen LogP contribution is 2.32. The van der Waals surface area contributed by atoms with Gasteiger partial charge in [-0.1, -0.05) is 12.1 Å². The number of hydrogen-bond donors (Lipinski definition) is 3. The smallest absolute Gasteiger partial charge is 0.276 e.